The van der Waals surface area contributed by atoms with Crippen molar-refractivity contribution in [1.82, 2.24) is 5.32 Å². The minimum atomic E-state index is 0.803. The topological polar surface area (TPSA) is 34.4 Å². The second-order valence-electron chi connectivity index (χ2n) is 3.57. The van der Waals surface area contributed by atoms with Gasteiger partial charge in [0.25, 0.3) is 0 Å². The molecule has 1 aromatic heterocycles. The lowest BCUT2D eigenvalue weighted by Gasteiger charge is -2.09. The summed E-state index contributed by atoms with van der Waals surface area (Å²) in [5.74, 6) is 0.873. The van der Waals surface area contributed by atoms with Gasteiger partial charge in [-0.15, -0.1) is 0 Å². The molecule has 0 saturated heterocycles. The van der Waals surface area contributed by atoms with Crippen LogP contribution in [0.2, 0.25) is 0 Å². The van der Waals surface area contributed by atoms with Crippen LogP contribution in [-0.4, -0.2) is 14.2 Å². The van der Waals surface area contributed by atoms with Gasteiger partial charge in [-0.2, -0.15) is 0 Å². The van der Waals surface area contributed by atoms with Gasteiger partial charge >= 0.3 is 0 Å². The molecule has 1 heterocycles. The summed E-state index contributed by atoms with van der Waals surface area (Å²) < 4.78 is 10.3. The van der Waals surface area contributed by atoms with Crippen molar-refractivity contribution in [1.29, 1.82) is 0 Å². The van der Waals surface area contributed by atoms with Gasteiger partial charge in [-0.1, -0.05) is 6.07 Å². The molecule has 0 aliphatic rings. The zero-order chi connectivity index (χ0) is 11.4. The summed E-state index contributed by atoms with van der Waals surface area (Å²) in [5, 5.41) is 3.15. The van der Waals surface area contributed by atoms with Crippen LogP contribution in [0.25, 0.3) is 11.1 Å². The van der Waals surface area contributed by atoms with E-state index in [1.165, 1.54) is 11.1 Å². The maximum absolute atomic E-state index is 5.22. The first-order valence-electron chi connectivity index (χ1n) is 5.19. The van der Waals surface area contributed by atoms with Crippen LogP contribution in [0.3, 0.4) is 0 Å². The van der Waals surface area contributed by atoms with E-state index in [2.05, 4.69) is 11.4 Å². The summed E-state index contributed by atoms with van der Waals surface area (Å²) in [5.41, 5.74) is 3.46. The third kappa shape index (κ3) is 2.09. The fourth-order valence-electron chi connectivity index (χ4n) is 1.73. The molecule has 0 radical (unpaired) electrons. The van der Waals surface area contributed by atoms with Crippen LogP contribution in [0.4, 0.5) is 0 Å². The summed E-state index contributed by atoms with van der Waals surface area (Å²) in [6.07, 6.45) is 3.43. The molecule has 0 aliphatic heterocycles. The van der Waals surface area contributed by atoms with Crippen LogP contribution in [-0.2, 0) is 6.54 Å². The number of hydrogen-bond donors (Lipinski definition) is 1. The Kier molecular flexibility index (Phi) is 3.27. The molecule has 0 fully saturated rings. The number of methoxy groups -OCH3 is 1. The monoisotopic (exact) mass is 217 g/mol. The maximum atomic E-state index is 5.22. The molecule has 0 saturated carbocycles. The zero-order valence-electron chi connectivity index (χ0n) is 9.49. The fraction of sp³-hybridized carbons (Fsp3) is 0.231. The molecule has 3 heteroatoms. The van der Waals surface area contributed by atoms with E-state index in [0.29, 0.717) is 0 Å². The molecular weight excluding hydrogens is 202 g/mol. The van der Waals surface area contributed by atoms with E-state index in [1.54, 1.807) is 19.6 Å². The van der Waals surface area contributed by atoms with Crippen molar-refractivity contribution < 1.29 is 9.15 Å². The van der Waals surface area contributed by atoms with Gasteiger partial charge in [-0.25, -0.2) is 0 Å². The van der Waals surface area contributed by atoms with Crippen molar-refractivity contribution in [3.05, 3.63) is 42.4 Å². The van der Waals surface area contributed by atoms with Gasteiger partial charge in [0.15, 0.2) is 0 Å². The first kappa shape index (κ1) is 10.8. The predicted molar refractivity (Wildman–Crippen MR) is 63.5 cm³/mol. The van der Waals surface area contributed by atoms with Gasteiger partial charge < -0.3 is 14.5 Å². The van der Waals surface area contributed by atoms with Crippen molar-refractivity contribution in [2.24, 2.45) is 0 Å². The number of benzene rings is 1. The van der Waals surface area contributed by atoms with E-state index in [-0.39, 0.29) is 0 Å². The van der Waals surface area contributed by atoms with Gasteiger partial charge in [0, 0.05) is 12.1 Å². The quantitative estimate of drug-likeness (QED) is 0.855. The Morgan fingerprint density at radius 2 is 2.19 bits per heavy atom. The third-order valence-electron chi connectivity index (χ3n) is 2.51. The molecule has 84 valence electrons. The van der Waals surface area contributed by atoms with Crippen molar-refractivity contribution in [3.8, 4) is 16.9 Å². The Morgan fingerprint density at radius 1 is 1.31 bits per heavy atom. The Balaban J connectivity index is 2.44. The average Bonchev–Trinajstić information content (AvgIpc) is 2.83. The van der Waals surface area contributed by atoms with Gasteiger partial charge in [0.2, 0.25) is 0 Å². The summed E-state index contributed by atoms with van der Waals surface area (Å²) in [7, 11) is 3.61. The molecule has 3 nitrogen and oxygen atoms in total. The molecular formula is C13H15NO2. The smallest absolute Gasteiger partial charge is 0.119 e. The third-order valence-corrected chi connectivity index (χ3v) is 2.51. The second-order valence-corrected chi connectivity index (χ2v) is 3.57. The molecule has 0 atom stereocenters. The standard InChI is InChI=1S/C13H15NO2/c1-14-8-11-7-12(15-2)3-4-13(11)10-5-6-16-9-10/h3-7,9,14H,8H2,1-2H3. The van der Waals surface area contributed by atoms with Crippen LogP contribution >= 0.6 is 0 Å². The number of hydrogen-bond acceptors (Lipinski definition) is 3. The largest absolute Gasteiger partial charge is 0.497 e. The van der Waals surface area contributed by atoms with Crippen LogP contribution in [0.15, 0.2) is 41.2 Å². The Labute approximate surface area is 95.0 Å². The molecule has 2 rings (SSSR count). The molecule has 2 aromatic rings. The first-order chi connectivity index (χ1) is 7.85. The molecule has 0 aliphatic carbocycles. The van der Waals surface area contributed by atoms with E-state index >= 15 is 0 Å². The average molecular weight is 217 g/mol. The lowest BCUT2D eigenvalue weighted by molar-refractivity contribution is 0.414. The summed E-state index contributed by atoms with van der Waals surface area (Å²) in [4.78, 5) is 0. The molecule has 16 heavy (non-hydrogen) atoms. The van der Waals surface area contributed by atoms with Crippen LogP contribution in [0.5, 0.6) is 5.75 Å². The molecule has 0 spiro atoms. The van der Waals surface area contributed by atoms with Gasteiger partial charge in [0.05, 0.1) is 19.6 Å². The highest BCUT2D eigenvalue weighted by atomic mass is 16.5. The zero-order valence-corrected chi connectivity index (χ0v) is 9.49. The van der Waals surface area contributed by atoms with E-state index in [0.717, 1.165) is 17.9 Å². The first-order valence-corrected chi connectivity index (χ1v) is 5.19. The van der Waals surface area contributed by atoms with Crippen molar-refractivity contribution in [2.45, 2.75) is 6.54 Å². The Hall–Kier alpha value is -1.74. The number of rotatable bonds is 4. The molecule has 1 N–H and O–H groups in total. The van der Waals surface area contributed by atoms with E-state index in [9.17, 15) is 0 Å². The minimum Gasteiger partial charge on any atom is -0.497 e. The van der Waals surface area contributed by atoms with E-state index in [1.807, 2.05) is 25.2 Å². The summed E-state index contributed by atoms with van der Waals surface area (Å²) in [6.45, 7) is 0.803. The lowest BCUT2D eigenvalue weighted by Crippen LogP contribution is -2.06. The second kappa shape index (κ2) is 4.86. The van der Waals surface area contributed by atoms with Crippen molar-refractivity contribution in [3.63, 3.8) is 0 Å². The molecule has 1 aromatic carbocycles. The predicted octanol–water partition coefficient (Wildman–Crippen LogP) is 2.67. The van der Waals surface area contributed by atoms with Crippen LogP contribution in [0, 0.1) is 0 Å². The van der Waals surface area contributed by atoms with E-state index in [4.69, 9.17) is 9.15 Å². The lowest BCUT2D eigenvalue weighted by atomic mass is 10.0. The normalized spacial score (nSPS) is 10.4. The number of furan rings is 1. The highest BCUT2D eigenvalue weighted by molar-refractivity contribution is 5.67. The summed E-state index contributed by atoms with van der Waals surface area (Å²) in [6, 6.07) is 8.01. The van der Waals surface area contributed by atoms with Crippen molar-refractivity contribution >= 4 is 0 Å². The van der Waals surface area contributed by atoms with Gasteiger partial charge in [-0.3, -0.25) is 0 Å². The maximum Gasteiger partial charge on any atom is 0.119 e. The molecule has 0 amide bonds. The van der Waals surface area contributed by atoms with Gasteiger partial charge in [-0.05, 0) is 36.4 Å². The van der Waals surface area contributed by atoms with Crippen LogP contribution in [0.1, 0.15) is 5.56 Å². The highest BCUT2D eigenvalue weighted by Crippen LogP contribution is 2.27. The molecule has 0 bridgehead atoms. The number of ether oxygens (including phenoxy) is 1. The SMILES string of the molecule is CNCc1cc(OC)ccc1-c1ccoc1. The van der Waals surface area contributed by atoms with E-state index < -0.39 is 0 Å². The molecule has 0 unspecified atom stereocenters. The van der Waals surface area contributed by atoms with Crippen LogP contribution < -0.4 is 10.1 Å². The van der Waals surface area contributed by atoms with Crippen molar-refractivity contribution in [2.75, 3.05) is 14.2 Å². The Morgan fingerprint density at radius 3 is 2.81 bits per heavy atom. The fourth-order valence-corrected chi connectivity index (χ4v) is 1.73. The Bertz CT molecular complexity index is 449. The van der Waals surface area contributed by atoms with Gasteiger partial charge in [0.1, 0.15) is 5.75 Å². The summed E-state index contributed by atoms with van der Waals surface area (Å²) >= 11 is 0. The number of nitrogens with one attached hydrogen (secondary N) is 1. The minimum absolute atomic E-state index is 0.803. The highest BCUT2D eigenvalue weighted by Gasteiger charge is 2.07.